The molecule has 0 fully saturated rings. The molecule has 4 heteroatoms. The van der Waals surface area contributed by atoms with Crippen LogP contribution < -0.4 is 0 Å². The quantitative estimate of drug-likeness (QED) is 0.402. The number of hydrogen-bond acceptors (Lipinski definition) is 0. The topological polar surface area (TPSA) is 0 Å². The fourth-order valence-electron chi connectivity index (χ4n) is 1.44. The molecule has 1 aromatic carbocycles. The number of hydrogen-bond donors (Lipinski definition) is 0. The third-order valence-corrected chi connectivity index (χ3v) is 2.24. The van der Waals surface area contributed by atoms with Crippen molar-refractivity contribution in [1.29, 1.82) is 0 Å². The minimum atomic E-state index is -0.154. The van der Waals surface area contributed by atoms with Crippen molar-refractivity contribution in [2.45, 2.75) is 32.6 Å². The van der Waals surface area contributed by atoms with E-state index in [1.165, 1.54) is 24.5 Å². The van der Waals surface area contributed by atoms with E-state index in [1.807, 2.05) is 6.07 Å². The molecule has 0 heterocycles. The second-order valence-electron chi connectivity index (χ2n) is 3.27. The maximum atomic E-state index is 12.8. The van der Waals surface area contributed by atoms with Gasteiger partial charge in [-0.15, -0.1) is 0 Å². The summed E-state index contributed by atoms with van der Waals surface area (Å²) in [5, 5.41) is 0. The number of rotatable bonds is 4. The Hall–Kier alpha value is 2.31. The van der Waals surface area contributed by atoms with E-state index >= 15 is 0 Å². The standard InChI is InChI=1S/C12H16F.CH3.3U/c1-3-5-6-11-7-8-12(13)9-10(11)4-2;;;;/h7-9H,2-6H2,1H3;1H3;;;/q2*-1;;;+2. The van der Waals surface area contributed by atoms with E-state index in [9.17, 15) is 4.39 Å². The van der Waals surface area contributed by atoms with Crippen molar-refractivity contribution in [3.63, 3.8) is 0 Å². The predicted octanol–water partition coefficient (Wildman–Crippen LogP) is 4.00. The molecule has 0 aromatic heterocycles. The zero-order valence-corrected chi connectivity index (χ0v) is 23.1. The average molecular weight is 908 g/mol. The van der Waals surface area contributed by atoms with Crippen LogP contribution in [0, 0.1) is 114 Å². The maximum Gasteiger partial charge on any atom is 2.00 e. The summed E-state index contributed by atoms with van der Waals surface area (Å²) >= 11 is 0. The molecule has 0 aliphatic heterocycles. The van der Waals surface area contributed by atoms with Gasteiger partial charge in [0.15, 0.2) is 0 Å². The van der Waals surface area contributed by atoms with Crippen molar-refractivity contribution < 1.29 is 97.7 Å². The van der Waals surface area contributed by atoms with Crippen LogP contribution in [-0.4, -0.2) is 0 Å². The third kappa shape index (κ3) is 10.7. The van der Waals surface area contributed by atoms with Gasteiger partial charge in [-0.05, 0) is 30.5 Å². The van der Waals surface area contributed by atoms with E-state index in [2.05, 4.69) is 13.8 Å². The Labute approximate surface area is 177 Å². The third-order valence-electron chi connectivity index (χ3n) is 2.24. The van der Waals surface area contributed by atoms with Crippen LogP contribution in [0.15, 0.2) is 18.2 Å². The molecule has 90 valence electrons. The van der Waals surface area contributed by atoms with Gasteiger partial charge in [-0.25, -0.2) is 4.39 Å². The van der Waals surface area contributed by atoms with Gasteiger partial charge in [0.2, 0.25) is 0 Å². The maximum absolute atomic E-state index is 12.8. The first-order valence-electron chi connectivity index (χ1n) is 4.84. The van der Waals surface area contributed by atoms with E-state index in [4.69, 9.17) is 0 Å². The molecule has 0 radical (unpaired) electrons. The Bertz CT molecular complexity index is 277. The van der Waals surface area contributed by atoms with Crippen LogP contribution in [0.3, 0.4) is 0 Å². The van der Waals surface area contributed by atoms with Gasteiger partial charge in [-0.3, -0.25) is 0 Å². The number of benzene rings is 1. The molecule has 0 saturated carbocycles. The van der Waals surface area contributed by atoms with Gasteiger partial charge in [0, 0.05) is 62.2 Å². The predicted molar refractivity (Wildman–Crippen MR) is 60.5 cm³/mol. The first kappa shape index (κ1) is 27.6. The second-order valence-corrected chi connectivity index (χ2v) is 3.27. The molecule has 1 rings (SSSR count). The summed E-state index contributed by atoms with van der Waals surface area (Å²) in [6, 6.07) is 5.01. The smallest absolute Gasteiger partial charge is 0.358 e. The summed E-state index contributed by atoms with van der Waals surface area (Å²) in [7, 11) is 0. The van der Waals surface area contributed by atoms with Crippen LogP contribution in [0.25, 0.3) is 0 Å². The molecular weight excluding hydrogens is 889 g/mol. The van der Waals surface area contributed by atoms with Crippen molar-refractivity contribution in [1.82, 2.24) is 0 Å². The Kier molecular flexibility index (Phi) is 26.6. The summed E-state index contributed by atoms with van der Waals surface area (Å²) in [4.78, 5) is 0. The molecule has 0 atom stereocenters. The van der Waals surface area contributed by atoms with Gasteiger partial charge >= 0.3 is 31.1 Å². The minimum absolute atomic E-state index is 0. The first-order chi connectivity index (χ1) is 6.27. The van der Waals surface area contributed by atoms with E-state index < -0.39 is 0 Å². The van der Waals surface area contributed by atoms with Crippen molar-refractivity contribution in [2.24, 2.45) is 0 Å². The van der Waals surface area contributed by atoms with Gasteiger partial charge < -0.3 is 14.4 Å². The van der Waals surface area contributed by atoms with Gasteiger partial charge in [0.25, 0.3) is 0 Å². The Morgan fingerprint density at radius 1 is 1.18 bits per heavy atom. The summed E-state index contributed by atoms with van der Waals surface area (Å²) in [5.41, 5.74) is 2.30. The Morgan fingerprint density at radius 2 is 1.76 bits per heavy atom. The Balaban J connectivity index is -0.000000211. The average Bonchev–Trinajstić information content (AvgIpc) is 2.16. The van der Waals surface area contributed by atoms with Crippen LogP contribution in [0.5, 0.6) is 0 Å². The number of aryl methyl sites for hydroxylation is 1. The first-order valence-corrected chi connectivity index (χ1v) is 4.84. The van der Waals surface area contributed by atoms with Crippen LogP contribution in [0.2, 0.25) is 0 Å². The van der Waals surface area contributed by atoms with E-state index in [-0.39, 0.29) is 107 Å². The van der Waals surface area contributed by atoms with Gasteiger partial charge in [0.05, 0.1) is 0 Å². The SMILES string of the molecule is [CH2-]Cc1cc(F)ccc1CCCC.[CH3-].[U+2].[U].[U]. The molecule has 0 nitrogen and oxygen atoms in total. The van der Waals surface area contributed by atoms with Gasteiger partial charge in [-0.1, -0.05) is 25.0 Å². The van der Waals surface area contributed by atoms with E-state index in [0.29, 0.717) is 6.42 Å². The number of halogens is 1. The fraction of sp³-hybridized carbons (Fsp3) is 0.385. The second kappa shape index (κ2) is 16.4. The van der Waals surface area contributed by atoms with Crippen LogP contribution >= 0.6 is 0 Å². The molecule has 0 saturated heterocycles. The summed E-state index contributed by atoms with van der Waals surface area (Å²) in [5.74, 6) is -0.154. The molecule has 0 aliphatic rings. The molecule has 0 N–H and O–H groups in total. The largest absolute Gasteiger partial charge is 2.00 e. The zero-order chi connectivity index (χ0) is 9.68. The summed E-state index contributed by atoms with van der Waals surface area (Å²) in [6.45, 7) is 5.96. The van der Waals surface area contributed by atoms with Crippen molar-refractivity contribution in [3.8, 4) is 0 Å². The monoisotopic (exact) mass is 908 g/mol. The molecule has 1 aromatic rings. The summed E-state index contributed by atoms with van der Waals surface area (Å²) in [6.07, 6.45) is 4.06. The van der Waals surface area contributed by atoms with Crippen LogP contribution in [-0.2, 0) is 12.8 Å². The number of unbranched alkanes of at least 4 members (excludes halogenated alkanes) is 1. The molecule has 0 amide bonds. The van der Waals surface area contributed by atoms with Crippen molar-refractivity contribution >= 4 is 0 Å². The molecule has 0 aliphatic carbocycles. The molecule has 0 bridgehead atoms. The molecule has 0 unspecified atom stereocenters. The van der Waals surface area contributed by atoms with Gasteiger partial charge in [-0.2, -0.15) is 6.42 Å². The molecular formula is C13H19FU3. The van der Waals surface area contributed by atoms with Gasteiger partial charge in [0.1, 0.15) is 5.82 Å². The van der Waals surface area contributed by atoms with E-state index in [1.54, 1.807) is 6.07 Å². The van der Waals surface area contributed by atoms with Crippen molar-refractivity contribution in [3.05, 3.63) is 49.5 Å². The van der Waals surface area contributed by atoms with Crippen LogP contribution in [0.4, 0.5) is 4.39 Å². The normalized spacial score (nSPS) is 7.94. The zero-order valence-electron chi connectivity index (χ0n) is 10.6. The fourth-order valence-corrected chi connectivity index (χ4v) is 1.44. The van der Waals surface area contributed by atoms with Crippen LogP contribution in [0.1, 0.15) is 30.9 Å². The van der Waals surface area contributed by atoms with Crippen molar-refractivity contribution in [2.75, 3.05) is 0 Å². The molecule has 17 heavy (non-hydrogen) atoms. The summed E-state index contributed by atoms with van der Waals surface area (Å²) < 4.78 is 12.8. The Morgan fingerprint density at radius 3 is 2.24 bits per heavy atom. The molecule has 0 spiro atoms. The minimum Gasteiger partial charge on any atom is -0.358 e. The van der Waals surface area contributed by atoms with E-state index in [0.717, 1.165) is 12.0 Å².